The summed E-state index contributed by atoms with van der Waals surface area (Å²) in [5.41, 5.74) is -0.970. The lowest BCUT2D eigenvalue weighted by Gasteiger charge is -2.11. The summed E-state index contributed by atoms with van der Waals surface area (Å²) >= 11 is 0. The molecule has 1 heterocycles. The largest absolute Gasteiger partial charge is 0.493 e. The number of para-hydroxylation sites is 1. The van der Waals surface area contributed by atoms with Gasteiger partial charge in [-0.25, -0.2) is 4.79 Å². The van der Waals surface area contributed by atoms with Crippen LogP contribution >= 0.6 is 0 Å². The fourth-order valence-corrected chi connectivity index (χ4v) is 1.84. The van der Waals surface area contributed by atoms with Gasteiger partial charge in [0.1, 0.15) is 11.6 Å². The highest BCUT2D eigenvalue weighted by Crippen LogP contribution is 2.08. The molecule has 0 aliphatic rings. The normalized spacial score (nSPS) is 10.3. The van der Waals surface area contributed by atoms with E-state index in [0.29, 0.717) is 5.75 Å². The third kappa shape index (κ3) is 3.63. The number of rotatable bonds is 5. The van der Waals surface area contributed by atoms with Gasteiger partial charge in [0.05, 0.1) is 13.0 Å². The lowest BCUT2D eigenvalue weighted by molar-refractivity contribution is -0.116. The Morgan fingerprint density at radius 1 is 1.14 bits per heavy atom. The maximum Gasteiger partial charge on any atom is 0.332 e. The lowest BCUT2D eigenvalue weighted by Crippen LogP contribution is -2.38. The van der Waals surface area contributed by atoms with Gasteiger partial charge in [-0.3, -0.25) is 18.7 Å². The Balaban J connectivity index is 1.95. The zero-order valence-corrected chi connectivity index (χ0v) is 12.4. The SMILES string of the molecule is Cn1c(NC(=O)CCOc2ccccc2)cc(=O)n(C)c1=O. The van der Waals surface area contributed by atoms with Crippen LogP contribution in [0.15, 0.2) is 46.0 Å². The molecule has 0 atom stereocenters. The maximum atomic E-state index is 11.8. The van der Waals surface area contributed by atoms with Gasteiger partial charge in [-0.1, -0.05) is 18.2 Å². The van der Waals surface area contributed by atoms with Crippen LogP contribution in [0.2, 0.25) is 0 Å². The summed E-state index contributed by atoms with van der Waals surface area (Å²) in [6.45, 7) is 0.203. The number of anilines is 1. The standard InChI is InChI=1S/C15H17N3O4/c1-17-12(10-14(20)18(2)15(17)21)16-13(19)8-9-22-11-6-4-3-5-7-11/h3-7,10H,8-9H2,1-2H3,(H,16,19). The summed E-state index contributed by atoms with van der Waals surface area (Å²) in [4.78, 5) is 35.2. The van der Waals surface area contributed by atoms with Crippen molar-refractivity contribution in [2.24, 2.45) is 14.1 Å². The molecular formula is C15H17N3O4. The molecule has 0 fully saturated rings. The molecule has 1 aromatic carbocycles. The van der Waals surface area contributed by atoms with Crippen LogP contribution < -0.4 is 21.3 Å². The molecule has 22 heavy (non-hydrogen) atoms. The number of aromatic nitrogens is 2. The Hall–Kier alpha value is -2.83. The number of hydrogen-bond donors (Lipinski definition) is 1. The second-order valence-corrected chi connectivity index (χ2v) is 4.73. The third-order valence-corrected chi connectivity index (χ3v) is 3.13. The number of benzene rings is 1. The van der Waals surface area contributed by atoms with Crippen LogP contribution in [0.3, 0.4) is 0 Å². The molecule has 2 rings (SSSR count). The second-order valence-electron chi connectivity index (χ2n) is 4.73. The Morgan fingerprint density at radius 3 is 2.50 bits per heavy atom. The van der Waals surface area contributed by atoms with E-state index in [-0.39, 0.29) is 24.8 Å². The second kappa shape index (κ2) is 6.75. The molecular weight excluding hydrogens is 286 g/mol. The van der Waals surface area contributed by atoms with E-state index >= 15 is 0 Å². The van der Waals surface area contributed by atoms with Crippen molar-refractivity contribution in [3.63, 3.8) is 0 Å². The van der Waals surface area contributed by atoms with Crippen molar-refractivity contribution in [1.29, 1.82) is 0 Å². The van der Waals surface area contributed by atoms with Crippen molar-refractivity contribution < 1.29 is 9.53 Å². The number of hydrogen-bond acceptors (Lipinski definition) is 4. The minimum absolute atomic E-state index is 0.109. The predicted octanol–water partition coefficient (Wildman–Crippen LogP) is 0.492. The monoisotopic (exact) mass is 303 g/mol. The van der Waals surface area contributed by atoms with Crippen molar-refractivity contribution in [3.8, 4) is 5.75 Å². The highest BCUT2D eigenvalue weighted by atomic mass is 16.5. The van der Waals surface area contributed by atoms with Gasteiger partial charge in [0.2, 0.25) is 5.91 Å². The Labute approximate surface area is 126 Å². The maximum absolute atomic E-state index is 11.8. The molecule has 0 aliphatic carbocycles. The van der Waals surface area contributed by atoms with Crippen molar-refractivity contribution >= 4 is 11.7 Å². The first kappa shape index (κ1) is 15.6. The van der Waals surface area contributed by atoms with Crippen molar-refractivity contribution in [1.82, 2.24) is 9.13 Å². The molecule has 1 aromatic heterocycles. The first-order valence-corrected chi connectivity index (χ1v) is 6.74. The summed E-state index contributed by atoms with van der Waals surface area (Å²) in [5, 5.41) is 2.54. The van der Waals surface area contributed by atoms with E-state index in [9.17, 15) is 14.4 Å². The third-order valence-electron chi connectivity index (χ3n) is 3.13. The molecule has 0 aliphatic heterocycles. The van der Waals surface area contributed by atoms with E-state index in [1.165, 1.54) is 24.7 Å². The molecule has 1 N–H and O–H groups in total. The molecule has 0 saturated carbocycles. The molecule has 1 amide bonds. The number of nitrogens with one attached hydrogen (secondary N) is 1. The molecule has 7 nitrogen and oxygen atoms in total. The van der Waals surface area contributed by atoms with E-state index in [2.05, 4.69) is 5.32 Å². The Kier molecular flexibility index (Phi) is 4.77. The van der Waals surface area contributed by atoms with Crippen LogP contribution in [-0.2, 0) is 18.9 Å². The topological polar surface area (TPSA) is 82.3 Å². The van der Waals surface area contributed by atoms with E-state index in [4.69, 9.17) is 4.74 Å². The van der Waals surface area contributed by atoms with E-state index in [0.717, 1.165) is 4.57 Å². The van der Waals surface area contributed by atoms with Crippen LogP contribution in [0.5, 0.6) is 5.75 Å². The zero-order valence-electron chi connectivity index (χ0n) is 12.4. The van der Waals surface area contributed by atoms with Gasteiger partial charge < -0.3 is 10.1 Å². The Bertz CT molecular complexity index is 778. The molecule has 7 heteroatoms. The van der Waals surface area contributed by atoms with Crippen LogP contribution in [0.25, 0.3) is 0 Å². The van der Waals surface area contributed by atoms with E-state index in [1.807, 2.05) is 18.2 Å². The fourth-order valence-electron chi connectivity index (χ4n) is 1.84. The minimum atomic E-state index is -0.497. The quantitative estimate of drug-likeness (QED) is 0.871. The zero-order chi connectivity index (χ0) is 16.1. The smallest absolute Gasteiger partial charge is 0.332 e. The number of carbonyl (C=O) groups is 1. The van der Waals surface area contributed by atoms with Gasteiger partial charge in [-0.15, -0.1) is 0 Å². The molecule has 2 aromatic rings. The molecule has 0 unspecified atom stereocenters. The predicted molar refractivity (Wildman–Crippen MR) is 82.1 cm³/mol. The van der Waals surface area contributed by atoms with Gasteiger partial charge in [0, 0.05) is 20.2 Å². The first-order valence-electron chi connectivity index (χ1n) is 6.74. The molecule has 0 radical (unpaired) electrons. The highest BCUT2D eigenvalue weighted by Gasteiger charge is 2.09. The summed E-state index contributed by atoms with van der Waals surface area (Å²) in [6.07, 6.45) is 0.109. The first-order chi connectivity index (χ1) is 10.5. The van der Waals surface area contributed by atoms with Crippen LogP contribution in [0.1, 0.15) is 6.42 Å². The summed E-state index contributed by atoms with van der Waals surface area (Å²) < 4.78 is 7.59. The van der Waals surface area contributed by atoms with Gasteiger partial charge >= 0.3 is 5.69 Å². The van der Waals surface area contributed by atoms with Gasteiger partial charge in [0.25, 0.3) is 5.56 Å². The van der Waals surface area contributed by atoms with E-state index < -0.39 is 11.2 Å². The van der Waals surface area contributed by atoms with E-state index in [1.54, 1.807) is 12.1 Å². The van der Waals surface area contributed by atoms with Gasteiger partial charge in [-0.05, 0) is 12.1 Å². The fraction of sp³-hybridized carbons (Fsp3) is 0.267. The summed E-state index contributed by atoms with van der Waals surface area (Å²) in [5.74, 6) is 0.508. The average molecular weight is 303 g/mol. The van der Waals surface area contributed by atoms with Crippen LogP contribution in [0, 0.1) is 0 Å². The molecule has 0 bridgehead atoms. The summed E-state index contributed by atoms with van der Waals surface area (Å²) in [7, 11) is 2.86. The average Bonchev–Trinajstić information content (AvgIpc) is 2.51. The van der Waals surface area contributed by atoms with Crippen LogP contribution in [0.4, 0.5) is 5.82 Å². The Morgan fingerprint density at radius 2 is 1.82 bits per heavy atom. The molecule has 116 valence electrons. The molecule has 0 saturated heterocycles. The summed E-state index contributed by atoms with van der Waals surface area (Å²) in [6, 6.07) is 10.3. The van der Waals surface area contributed by atoms with Crippen molar-refractivity contribution in [2.45, 2.75) is 6.42 Å². The van der Waals surface area contributed by atoms with Crippen molar-refractivity contribution in [3.05, 3.63) is 57.2 Å². The van der Waals surface area contributed by atoms with Crippen LogP contribution in [-0.4, -0.2) is 21.6 Å². The highest BCUT2D eigenvalue weighted by molar-refractivity contribution is 5.89. The number of carbonyl (C=O) groups excluding carboxylic acids is 1. The lowest BCUT2D eigenvalue weighted by atomic mass is 10.3. The number of ether oxygens (including phenoxy) is 1. The van der Waals surface area contributed by atoms with Gasteiger partial charge in [0.15, 0.2) is 0 Å². The number of nitrogens with zero attached hydrogens (tertiary/aromatic N) is 2. The van der Waals surface area contributed by atoms with Gasteiger partial charge in [-0.2, -0.15) is 0 Å². The van der Waals surface area contributed by atoms with Crippen molar-refractivity contribution in [2.75, 3.05) is 11.9 Å². The number of amides is 1. The minimum Gasteiger partial charge on any atom is -0.493 e. The molecule has 0 spiro atoms.